The van der Waals surface area contributed by atoms with E-state index in [1.54, 1.807) is 0 Å². The van der Waals surface area contributed by atoms with Gasteiger partial charge in [-0.2, -0.15) is 4.31 Å². The molecule has 7 N–H and O–H groups in total. The molecule has 2 heterocycles. The van der Waals surface area contributed by atoms with E-state index in [1.165, 1.54) is 6.33 Å². The van der Waals surface area contributed by atoms with E-state index in [0.29, 0.717) is 15.8 Å². The van der Waals surface area contributed by atoms with E-state index < -0.39 is 15.6 Å². The Kier molecular flexibility index (Phi) is 5.13. The van der Waals surface area contributed by atoms with Gasteiger partial charge in [-0.05, 0) is 0 Å². The third-order valence-electron chi connectivity index (χ3n) is 1.54. The maximum atomic E-state index is 10.8. The zero-order chi connectivity index (χ0) is 15.6. The van der Waals surface area contributed by atoms with E-state index in [1.807, 2.05) is 0 Å². The van der Waals surface area contributed by atoms with E-state index in [4.69, 9.17) is 31.8 Å². The number of fused-ring (bicyclic) bond motifs is 1. The quantitative estimate of drug-likeness (QED) is 0.274. The standard InChI is InChI=1S/C5H4N4OS.H4O7P2/c10-5-8-3-2(4(11)9-5)6-1-7-3;1-8(2,3)7-9(4,5)6/h1H,(H3,6,7,8,9,10,11);(H2,1,2,3)(H2,4,5,6). The van der Waals surface area contributed by atoms with Crippen molar-refractivity contribution in [2.75, 3.05) is 0 Å². The van der Waals surface area contributed by atoms with Crippen LogP contribution in [-0.2, 0) is 13.4 Å². The molecule has 0 bridgehead atoms. The highest BCUT2D eigenvalue weighted by Gasteiger charge is 2.27. The molecule has 0 saturated carbocycles. The summed E-state index contributed by atoms with van der Waals surface area (Å²) in [5.41, 5.74) is 0.799. The van der Waals surface area contributed by atoms with Crippen molar-refractivity contribution in [3.63, 3.8) is 0 Å². The van der Waals surface area contributed by atoms with Crippen LogP contribution in [0.15, 0.2) is 11.1 Å². The van der Waals surface area contributed by atoms with E-state index in [0.717, 1.165) is 0 Å². The zero-order valence-corrected chi connectivity index (χ0v) is 11.9. The summed E-state index contributed by atoms with van der Waals surface area (Å²) < 4.78 is 22.6. The highest BCUT2D eigenvalue weighted by molar-refractivity contribution is 7.71. The molecule has 2 rings (SSSR count). The summed E-state index contributed by atoms with van der Waals surface area (Å²) in [5, 5.41) is 0. The number of rotatable bonds is 2. The number of imidazole rings is 1. The van der Waals surface area contributed by atoms with Crippen LogP contribution >= 0.6 is 27.9 Å². The Bertz CT molecular complexity index is 777. The summed E-state index contributed by atoms with van der Waals surface area (Å²) in [6.07, 6.45) is 1.48. The lowest BCUT2D eigenvalue weighted by molar-refractivity contribution is 0.225. The first-order valence-corrected chi connectivity index (χ1v) is 7.93. The van der Waals surface area contributed by atoms with Gasteiger partial charge < -0.3 is 24.6 Å². The molecule has 0 amide bonds. The number of phosphoric acid groups is 2. The molecule has 0 aliphatic carbocycles. The van der Waals surface area contributed by atoms with Crippen LogP contribution in [0.1, 0.15) is 0 Å². The Balaban J connectivity index is 0.000000206. The second kappa shape index (κ2) is 6.08. The average Bonchev–Trinajstić information content (AvgIpc) is 2.59. The van der Waals surface area contributed by atoms with Crippen molar-refractivity contribution < 1.29 is 33.0 Å². The van der Waals surface area contributed by atoms with Crippen LogP contribution in [0.25, 0.3) is 11.2 Å². The van der Waals surface area contributed by atoms with E-state index in [9.17, 15) is 13.9 Å². The molecule has 0 radical (unpaired) electrons. The molecule has 2 aromatic heterocycles. The van der Waals surface area contributed by atoms with Crippen LogP contribution < -0.4 is 5.69 Å². The molecule has 20 heavy (non-hydrogen) atoms. The molecule has 112 valence electrons. The second-order valence-corrected chi connectivity index (χ2v) is 6.12. The summed E-state index contributed by atoms with van der Waals surface area (Å²) in [6, 6.07) is 0. The van der Waals surface area contributed by atoms with Crippen LogP contribution in [0.3, 0.4) is 0 Å². The molecule has 0 unspecified atom stereocenters. The molecule has 0 atom stereocenters. The lowest BCUT2D eigenvalue weighted by Crippen LogP contribution is -2.09. The molecule has 0 fully saturated rings. The Morgan fingerprint density at radius 1 is 1.15 bits per heavy atom. The summed E-state index contributed by atoms with van der Waals surface area (Å²) in [7, 11) is -10.1. The van der Waals surface area contributed by atoms with Crippen LogP contribution in [0, 0.1) is 4.64 Å². The van der Waals surface area contributed by atoms with Crippen molar-refractivity contribution in [3.8, 4) is 0 Å². The van der Waals surface area contributed by atoms with Crippen molar-refractivity contribution in [3.05, 3.63) is 21.5 Å². The maximum Gasteiger partial charge on any atom is 0.478 e. The maximum absolute atomic E-state index is 10.8. The van der Waals surface area contributed by atoms with Crippen molar-refractivity contribution in [2.45, 2.75) is 0 Å². The molecular weight excluding hydrogens is 338 g/mol. The van der Waals surface area contributed by atoms with Crippen molar-refractivity contribution in [2.24, 2.45) is 0 Å². The van der Waals surface area contributed by atoms with Crippen LogP contribution in [0.4, 0.5) is 0 Å². The monoisotopic (exact) mass is 346 g/mol. The van der Waals surface area contributed by atoms with Gasteiger partial charge in [0, 0.05) is 0 Å². The molecule has 0 aromatic carbocycles. The van der Waals surface area contributed by atoms with Crippen LogP contribution in [0.5, 0.6) is 0 Å². The number of H-pyrrole nitrogens is 3. The fourth-order valence-corrected chi connectivity index (χ4v) is 2.36. The van der Waals surface area contributed by atoms with Crippen molar-refractivity contribution in [1.82, 2.24) is 19.9 Å². The predicted octanol–water partition coefficient (Wildman–Crippen LogP) is -0.503. The molecule has 2 aromatic rings. The fourth-order valence-electron chi connectivity index (χ4n) is 1.01. The van der Waals surface area contributed by atoms with E-state index >= 15 is 0 Å². The first-order valence-electron chi connectivity index (χ1n) is 4.46. The van der Waals surface area contributed by atoms with Gasteiger partial charge in [0.25, 0.3) is 0 Å². The van der Waals surface area contributed by atoms with Crippen LogP contribution in [-0.4, -0.2) is 39.5 Å². The Labute approximate surface area is 114 Å². The Morgan fingerprint density at radius 3 is 2.15 bits per heavy atom. The minimum absolute atomic E-state index is 0.338. The molecule has 0 aliphatic rings. The van der Waals surface area contributed by atoms with Crippen molar-refractivity contribution >= 4 is 39.0 Å². The normalized spacial score (nSPS) is 12.0. The topological polar surface area (TPSA) is 202 Å². The number of nitrogens with zero attached hydrogens (tertiary/aromatic N) is 1. The summed E-state index contributed by atoms with van der Waals surface area (Å²) in [4.78, 5) is 53.3. The highest BCUT2D eigenvalue weighted by Crippen LogP contribution is 2.53. The van der Waals surface area contributed by atoms with Gasteiger partial charge in [0.15, 0.2) is 5.65 Å². The predicted molar refractivity (Wildman–Crippen MR) is 67.1 cm³/mol. The second-order valence-electron chi connectivity index (χ2n) is 3.10. The van der Waals surface area contributed by atoms with Crippen molar-refractivity contribution in [1.29, 1.82) is 0 Å². The van der Waals surface area contributed by atoms with Gasteiger partial charge in [0.2, 0.25) is 0 Å². The largest absolute Gasteiger partial charge is 0.478 e. The van der Waals surface area contributed by atoms with Gasteiger partial charge in [0.05, 0.1) is 6.33 Å². The zero-order valence-electron chi connectivity index (χ0n) is 9.25. The third kappa shape index (κ3) is 5.86. The van der Waals surface area contributed by atoms with Gasteiger partial charge in [-0.1, -0.05) is 12.2 Å². The number of aromatic amines is 3. The Morgan fingerprint density at radius 2 is 1.70 bits per heavy atom. The smallest absolute Gasteiger partial charge is 0.341 e. The number of aromatic nitrogens is 4. The Hall–Kier alpha value is -1.17. The van der Waals surface area contributed by atoms with E-state index in [2.05, 4.69) is 24.2 Å². The molecule has 0 saturated heterocycles. The lowest BCUT2D eigenvalue weighted by Gasteiger charge is -2.03. The molecule has 15 heteroatoms. The van der Waals surface area contributed by atoms with Gasteiger partial charge in [-0.25, -0.2) is 18.9 Å². The summed E-state index contributed by atoms with van der Waals surface area (Å²) in [6.45, 7) is 0. The minimum Gasteiger partial charge on any atom is -0.341 e. The number of hydrogen-bond acceptors (Lipinski definition) is 6. The third-order valence-corrected chi connectivity index (χ3v) is 3.55. The molecular formula is C5H8N4O8P2S. The van der Waals surface area contributed by atoms with Gasteiger partial charge in [-0.15, -0.1) is 0 Å². The summed E-state index contributed by atoms with van der Waals surface area (Å²) in [5.74, 6) is 0. The van der Waals surface area contributed by atoms with Gasteiger partial charge in [-0.3, -0.25) is 9.97 Å². The SMILES string of the molecule is O=P(O)(O)OP(=O)(O)O.O=c1[nH]c(=S)c2[nH]cnc2[nH]1. The fraction of sp³-hybridized carbons (Fsp3) is 0. The lowest BCUT2D eigenvalue weighted by atomic mass is 10.6. The first kappa shape index (κ1) is 16.9. The molecule has 0 aliphatic heterocycles. The number of nitrogens with one attached hydrogen (secondary N) is 3. The van der Waals surface area contributed by atoms with E-state index in [-0.39, 0.29) is 5.69 Å². The van der Waals surface area contributed by atoms with Gasteiger partial charge in [0.1, 0.15) is 10.2 Å². The minimum atomic E-state index is -5.05. The van der Waals surface area contributed by atoms with Crippen LogP contribution in [0.2, 0.25) is 0 Å². The summed E-state index contributed by atoms with van der Waals surface area (Å²) >= 11 is 4.85. The average molecular weight is 346 g/mol. The molecule has 0 spiro atoms. The number of hydrogen-bond donors (Lipinski definition) is 7. The van der Waals surface area contributed by atoms with Gasteiger partial charge >= 0.3 is 21.3 Å². The highest BCUT2D eigenvalue weighted by atomic mass is 32.1. The molecule has 12 nitrogen and oxygen atoms in total. The first-order chi connectivity index (χ1) is 8.98.